The zero-order valence-corrected chi connectivity index (χ0v) is 40.5. The Bertz CT molecular complexity index is 1340. The first-order chi connectivity index (χ1) is 28.8. The summed E-state index contributed by atoms with van der Waals surface area (Å²) in [6, 6.07) is 22.9. The molecule has 0 spiro atoms. The molecular formula is C56H90O2S. The van der Waals surface area contributed by atoms with Crippen LogP contribution in [0.3, 0.4) is 0 Å². The van der Waals surface area contributed by atoms with E-state index < -0.39 is 5.97 Å². The van der Waals surface area contributed by atoms with Crippen molar-refractivity contribution >= 4 is 16.9 Å². The number of aryl methyl sites for hydroxylation is 6. The van der Waals surface area contributed by atoms with E-state index in [2.05, 4.69) is 96.1 Å². The maximum atomic E-state index is 8.89. The molecule has 0 radical (unpaired) electrons. The van der Waals surface area contributed by atoms with Crippen LogP contribution < -0.4 is 5.11 Å². The van der Waals surface area contributed by atoms with Crippen molar-refractivity contribution in [2.24, 2.45) is 0 Å². The summed E-state index contributed by atoms with van der Waals surface area (Å²) in [7, 11) is -0.124. The fourth-order valence-corrected chi connectivity index (χ4v) is 11.4. The van der Waals surface area contributed by atoms with Crippen LogP contribution in [-0.4, -0.2) is 5.97 Å². The Morgan fingerprint density at radius 3 is 0.915 bits per heavy atom. The average Bonchev–Trinajstić information content (AvgIpc) is 3.23. The van der Waals surface area contributed by atoms with E-state index in [0.29, 0.717) is 0 Å². The van der Waals surface area contributed by atoms with Crippen molar-refractivity contribution in [1.82, 2.24) is 0 Å². The number of hydrogen-bond donors (Lipinski definition) is 0. The zero-order valence-electron chi connectivity index (χ0n) is 39.6. The Morgan fingerprint density at radius 2 is 0.661 bits per heavy atom. The van der Waals surface area contributed by atoms with Gasteiger partial charge >= 0.3 is 0 Å². The van der Waals surface area contributed by atoms with Gasteiger partial charge in [0.25, 0.3) is 0 Å². The minimum Gasteiger partial charge on any atom is -0.550 e. The highest BCUT2D eigenvalue weighted by Crippen LogP contribution is 2.42. The molecule has 3 aromatic rings. The summed E-state index contributed by atoms with van der Waals surface area (Å²) in [5, 5.41) is 8.89. The van der Waals surface area contributed by atoms with Crippen molar-refractivity contribution < 1.29 is 9.90 Å². The molecule has 0 atom stereocenters. The van der Waals surface area contributed by atoms with Gasteiger partial charge in [-0.25, -0.2) is 0 Å². The molecule has 2 nitrogen and oxygen atoms in total. The number of carboxylic acids is 1. The molecule has 3 aromatic carbocycles. The van der Waals surface area contributed by atoms with Crippen molar-refractivity contribution in [3.05, 3.63) is 88.0 Å². The monoisotopic (exact) mass is 827 g/mol. The molecule has 59 heavy (non-hydrogen) atoms. The van der Waals surface area contributed by atoms with Crippen LogP contribution in [0.5, 0.6) is 0 Å². The van der Waals surface area contributed by atoms with Crippen LogP contribution in [0.25, 0.3) is 0 Å². The first kappa shape index (κ1) is 52.6. The van der Waals surface area contributed by atoms with Gasteiger partial charge in [0.2, 0.25) is 0 Å². The fourth-order valence-electron chi connectivity index (χ4n) is 8.58. The van der Waals surface area contributed by atoms with Gasteiger partial charge in [0.1, 0.15) is 10.9 Å². The number of aliphatic carboxylic acids is 1. The van der Waals surface area contributed by atoms with Crippen molar-refractivity contribution in [1.29, 1.82) is 0 Å². The van der Waals surface area contributed by atoms with Crippen LogP contribution in [0.15, 0.2) is 69.3 Å². The minimum absolute atomic E-state index is 0.124. The Morgan fingerprint density at radius 1 is 0.407 bits per heavy atom. The van der Waals surface area contributed by atoms with Crippen molar-refractivity contribution in [2.75, 3.05) is 0 Å². The highest BCUT2D eigenvalue weighted by Gasteiger charge is 2.38. The SMILES string of the molecule is CC(=O)[O-].CCCCCCc1cc(CCCCCC)c([S+](c2ccccc2)c2c(CCCCCC)cc(CCCCCC)cc2CCCCCC)c(CCCCCC)c1. The van der Waals surface area contributed by atoms with Gasteiger partial charge in [-0.05, 0) is 107 Å². The maximum Gasteiger partial charge on any atom is 0.172 e. The first-order valence-corrected chi connectivity index (χ1v) is 26.3. The highest BCUT2D eigenvalue weighted by molar-refractivity contribution is 7.97. The molecule has 332 valence electrons. The molecule has 0 N–H and O–H groups in total. The molecule has 0 unspecified atom stereocenters. The largest absolute Gasteiger partial charge is 0.550 e. The van der Waals surface area contributed by atoms with Crippen molar-refractivity contribution in [2.45, 2.75) is 256 Å². The second-order valence-corrected chi connectivity index (χ2v) is 19.4. The molecule has 0 aliphatic carbocycles. The lowest BCUT2D eigenvalue weighted by atomic mass is 9.94. The first-order valence-electron chi connectivity index (χ1n) is 25.1. The van der Waals surface area contributed by atoms with Gasteiger partial charge in [0.05, 0.1) is 0 Å². The predicted molar refractivity (Wildman–Crippen MR) is 259 cm³/mol. The number of carbonyl (C=O) groups excluding carboxylic acids is 1. The minimum atomic E-state index is -1.08. The van der Waals surface area contributed by atoms with Crippen LogP contribution in [0.1, 0.15) is 236 Å². The van der Waals surface area contributed by atoms with Crippen LogP contribution in [0.2, 0.25) is 0 Å². The average molecular weight is 827 g/mol. The van der Waals surface area contributed by atoms with Gasteiger partial charge in [-0.1, -0.05) is 200 Å². The molecule has 3 rings (SSSR count). The lowest BCUT2D eigenvalue weighted by molar-refractivity contribution is -0.302. The van der Waals surface area contributed by atoms with Gasteiger partial charge in [0, 0.05) is 28.2 Å². The Labute approximate surface area is 368 Å². The van der Waals surface area contributed by atoms with Crippen LogP contribution >= 0.6 is 0 Å². The van der Waals surface area contributed by atoms with Gasteiger partial charge in [0.15, 0.2) is 14.7 Å². The number of carbonyl (C=O) groups is 1. The van der Waals surface area contributed by atoms with E-state index in [-0.39, 0.29) is 10.9 Å². The zero-order chi connectivity index (χ0) is 42.9. The molecule has 0 aromatic heterocycles. The molecule has 0 saturated heterocycles. The topological polar surface area (TPSA) is 40.1 Å². The van der Waals surface area contributed by atoms with Crippen LogP contribution in [0.4, 0.5) is 0 Å². The Kier molecular flexibility index (Phi) is 30.4. The molecule has 0 aliphatic rings. The third-order valence-corrected chi connectivity index (χ3v) is 14.4. The maximum absolute atomic E-state index is 8.89. The third-order valence-electron chi connectivity index (χ3n) is 11.8. The van der Waals surface area contributed by atoms with E-state index in [0.717, 1.165) is 6.92 Å². The van der Waals surface area contributed by atoms with Gasteiger partial charge < -0.3 is 9.90 Å². The second-order valence-electron chi connectivity index (χ2n) is 17.5. The van der Waals surface area contributed by atoms with Gasteiger partial charge in [-0.3, -0.25) is 0 Å². The van der Waals surface area contributed by atoms with E-state index >= 15 is 0 Å². The van der Waals surface area contributed by atoms with Gasteiger partial charge in [-0.15, -0.1) is 0 Å². The summed E-state index contributed by atoms with van der Waals surface area (Å²) < 4.78 is 0. The van der Waals surface area contributed by atoms with Crippen molar-refractivity contribution in [3.63, 3.8) is 0 Å². The summed E-state index contributed by atoms with van der Waals surface area (Å²) in [4.78, 5) is 13.9. The summed E-state index contributed by atoms with van der Waals surface area (Å²) in [6.45, 7) is 15.1. The summed E-state index contributed by atoms with van der Waals surface area (Å²) >= 11 is 0. The van der Waals surface area contributed by atoms with E-state index in [4.69, 9.17) is 9.90 Å². The third kappa shape index (κ3) is 21.7. The molecule has 0 bridgehead atoms. The highest BCUT2D eigenvalue weighted by atomic mass is 32.2. The smallest absolute Gasteiger partial charge is 0.172 e. The van der Waals surface area contributed by atoms with E-state index in [1.807, 2.05) is 0 Å². The molecule has 3 heteroatoms. The molecule has 0 aliphatic heterocycles. The lowest BCUT2D eigenvalue weighted by Gasteiger charge is -2.22. The summed E-state index contributed by atoms with van der Waals surface area (Å²) in [5.41, 5.74) is 10.0. The molecule has 0 heterocycles. The summed E-state index contributed by atoms with van der Waals surface area (Å²) in [5.74, 6) is -1.08. The number of carboxylic acid groups (broad SMARTS) is 1. The number of unbranched alkanes of at least 4 members (excludes halogenated alkanes) is 18. The van der Waals surface area contributed by atoms with E-state index in [9.17, 15) is 0 Å². The predicted octanol–water partition coefficient (Wildman–Crippen LogP) is 16.3. The molecular weight excluding hydrogens is 737 g/mol. The Balaban J connectivity index is 0.00000286. The second kappa shape index (κ2) is 34.1. The normalized spacial score (nSPS) is 11.3. The fraction of sp³-hybridized carbons (Fsp3) is 0.661. The van der Waals surface area contributed by atoms with E-state index in [1.54, 1.807) is 48.1 Å². The summed E-state index contributed by atoms with van der Waals surface area (Å²) in [6.07, 6.45) is 39.3. The molecule has 0 fully saturated rings. The molecule has 0 saturated carbocycles. The van der Waals surface area contributed by atoms with Crippen LogP contribution in [0, 0.1) is 0 Å². The number of benzene rings is 3. The van der Waals surface area contributed by atoms with E-state index in [1.165, 1.54) is 193 Å². The quantitative estimate of drug-likeness (QED) is 0.0453. The Hall–Kier alpha value is -2.52. The number of rotatable bonds is 33. The van der Waals surface area contributed by atoms with Gasteiger partial charge in [-0.2, -0.15) is 0 Å². The lowest BCUT2D eigenvalue weighted by Crippen LogP contribution is -2.17. The number of hydrogen-bond acceptors (Lipinski definition) is 2. The van der Waals surface area contributed by atoms with Crippen molar-refractivity contribution in [3.8, 4) is 0 Å². The van der Waals surface area contributed by atoms with Crippen LogP contribution in [-0.2, 0) is 54.2 Å². The molecule has 0 amide bonds. The standard InChI is InChI=1S/C54H87S.C2H4O2/c1-7-13-19-26-34-46-42-48(36-28-21-15-9-3)53(49(43-46)37-29-22-16-10-4)55(52-40-32-25-33-41-52)54-50(38-30-23-17-11-5)44-47(35-27-20-14-8-2)45-51(54)39-31-24-18-12-6;1-2(3)4/h25,32-33,40-45H,7-24,26-31,34-39H2,1-6H3;1H3,(H,3,4)/q+1;/p-1.